The Bertz CT molecular complexity index is 589. The summed E-state index contributed by atoms with van der Waals surface area (Å²) in [6, 6.07) is 8.55. The van der Waals surface area contributed by atoms with Gasteiger partial charge in [0, 0.05) is 33.7 Å². The Kier molecular flexibility index (Phi) is 3.74. The maximum absolute atomic E-state index is 4.91. The van der Waals surface area contributed by atoms with Crippen LogP contribution in [0.4, 0.5) is 5.69 Å². The summed E-state index contributed by atoms with van der Waals surface area (Å²) in [7, 11) is 0. The van der Waals surface area contributed by atoms with Crippen molar-refractivity contribution in [3.8, 4) is 0 Å². The molecule has 1 aliphatic rings. The normalized spacial score (nSPS) is 16.1. The molecule has 0 radical (unpaired) electrons. The number of hydrogen-bond donors (Lipinski definition) is 1. The van der Waals surface area contributed by atoms with Crippen LogP contribution in [0.3, 0.4) is 0 Å². The maximum Gasteiger partial charge on any atom is 0.0868 e. The van der Waals surface area contributed by atoms with E-state index in [1.54, 1.807) is 0 Å². The Morgan fingerprint density at radius 2 is 2.11 bits per heavy atom. The van der Waals surface area contributed by atoms with Gasteiger partial charge in [0.05, 0.1) is 5.52 Å². The standard InChI is InChI=1S/C16H19BrN2/c1-2-18-15-10-14(11-6-3-4-7-11)19-16-12(15)8-5-9-13(16)17/h5,8-11H,2-4,6-7H2,1H3,(H,18,19). The smallest absolute Gasteiger partial charge is 0.0868 e. The van der Waals surface area contributed by atoms with Gasteiger partial charge in [-0.2, -0.15) is 0 Å². The van der Waals surface area contributed by atoms with Crippen molar-refractivity contribution < 1.29 is 0 Å². The number of pyridine rings is 1. The van der Waals surface area contributed by atoms with Crippen LogP contribution in [-0.4, -0.2) is 11.5 Å². The highest BCUT2D eigenvalue weighted by Gasteiger charge is 2.20. The summed E-state index contributed by atoms with van der Waals surface area (Å²) in [5.41, 5.74) is 3.56. The average Bonchev–Trinajstić information content (AvgIpc) is 2.94. The first-order chi connectivity index (χ1) is 9.29. The number of nitrogens with zero attached hydrogens (tertiary/aromatic N) is 1. The third-order valence-corrected chi connectivity index (χ3v) is 4.59. The van der Waals surface area contributed by atoms with Crippen molar-refractivity contribution in [1.29, 1.82) is 0 Å². The Hall–Kier alpha value is -1.09. The SMILES string of the molecule is CCNc1cc(C2CCCC2)nc2c(Br)cccc12. The molecule has 1 aliphatic carbocycles. The molecule has 19 heavy (non-hydrogen) atoms. The van der Waals surface area contributed by atoms with Gasteiger partial charge in [0.25, 0.3) is 0 Å². The van der Waals surface area contributed by atoms with Crippen molar-refractivity contribution in [3.63, 3.8) is 0 Å². The number of hydrogen-bond acceptors (Lipinski definition) is 2. The predicted octanol–water partition coefficient (Wildman–Crippen LogP) is 5.09. The Morgan fingerprint density at radius 3 is 2.84 bits per heavy atom. The highest BCUT2D eigenvalue weighted by molar-refractivity contribution is 9.10. The molecule has 1 aromatic heterocycles. The molecule has 2 nitrogen and oxygen atoms in total. The van der Waals surface area contributed by atoms with Gasteiger partial charge in [-0.3, -0.25) is 4.98 Å². The van der Waals surface area contributed by atoms with Gasteiger partial charge in [-0.15, -0.1) is 0 Å². The van der Waals surface area contributed by atoms with E-state index < -0.39 is 0 Å². The summed E-state index contributed by atoms with van der Waals surface area (Å²) >= 11 is 3.63. The molecule has 0 bridgehead atoms. The number of anilines is 1. The van der Waals surface area contributed by atoms with Gasteiger partial charge in [0.1, 0.15) is 0 Å². The van der Waals surface area contributed by atoms with Crippen LogP contribution in [0.1, 0.15) is 44.2 Å². The van der Waals surface area contributed by atoms with E-state index in [-0.39, 0.29) is 0 Å². The van der Waals surface area contributed by atoms with Gasteiger partial charge in [-0.05, 0) is 47.8 Å². The maximum atomic E-state index is 4.91. The van der Waals surface area contributed by atoms with Crippen LogP contribution >= 0.6 is 15.9 Å². The molecule has 1 aromatic carbocycles. The lowest BCUT2D eigenvalue weighted by Crippen LogP contribution is -2.03. The first kappa shape index (κ1) is 12.9. The molecular formula is C16H19BrN2. The lowest BCUT2D eigenvalue weighted by atomic mass is 10.0. The van der Waals surface area contributed by atoms with Crippen LogP contribution in [0.15, 0.2) is 28.7 Å². The van der Waals surface area contributed by atoms with Crippen molar-refractivity contribution in [3.05, 3.63) is 34.4 Å². The molecule has 0 aliphatic heterocycles. The minimum atomic E-state index is 0.647. The summed E-state index contributed by atoms with van der Waals surface area (Å²) in [5.74, 6) is 0.647. The number of nitrogens with one attached hydrogen (secondary N) is 1. The quantitative estimate of drug-likeness (QED) is 0.852. The summed E-state index contributed by atoms with van der Waals surface area (Å²) in [6.07, 6.45) is 5.26. The predicted molar refractivity (Wildman–Crippen MR) is 84.8 cm³/mol. The summed E-state index contributed by atoms with van der Waals surface area (Å²) in [4.78, 5) is 4.91. The Labute approximate surface area is 122 Å². The zero-order valence-electron chi connectivity index (χ0n) is 11.2. The molecule has 0 spiro atoms. The van der Waals surface area contributed by atoms with E-state index in [4.69, 9.17) is 4.98 Å². The molecule has 1 saturated carbocycles. The molecular weight excluding hydrogens is 300 g/mol. The van der Waals surface area contributed by atoms with E-state index >= 15 is 0 Å². The number of halogens is 1. The monoisotopic (exact) mass is 318 g/mol. The van der Waals surface area contributed by atoms with E-state index in [0.717, 1.165) is 16.5 Å². The highest BCUT2D eigenvalue weighted by atomic mass is 79.9. The average molecular weight is 319 g/mol. The molecule has 1 N–H and O–H groups in total. The van der Waals surface area contributed by atoms with Crippen LogP contribution in [0.5, 0.6) is 0 Å². The van der Waals surface area contributed by atoms with Crippen LogP contribution in [0.2, 0.25) is 0 Å². The molecule has 2 aromatic rings. The van der Waals surface area contributed by atoms with E-state index in [2.05, 4.69) is 52.4 Å². The van der Waals surface area contributed by atoms with Crippen molar-refractivity contribution in [1.82, 2.24) is 4.98 Å². The van der Waals surface area contributed by atoms with E-state index in [0.29, 0.717) is 5.92 Å². The fourth-order valence-corrected chi connectivity index (χ4v) is 3.46. The third kappa shape index (κ3) is 2.48. The van der Waals surface area contributed by atoms with E-state index in [9.17, 15) is 0 Å². The summed E-state index contributed by atoms with van der Waals surface area (Å²) in [6.45, 7) is 3.08. The lowest BCUT2D eigenvalue weighted by molar-refractivity contribution is 0.701. The van der Waals surface area contributed by atoms with E-state index in [1.165, 1.54) is 42.5 Å². The number of para-hydroxylation sites is 1. The van der Waals surface area contributed by atoms with E-state index in [1.807, 2.05) is 0 Å². The first-order valence-electron chi connectivity index (χ1n) is 7.12. The molecule has 0 unspecified atom stereocenters. The zero-order chi connectivity index (χ0) is 13.2. The fourth-order valence-electron chi connectivity index (χ4n) is 3.00. The largest absolute Gasteiger partial charge is 0.385 e. The Balaban J connectivity index is 2.16. The summed E-state index contributed by atoms with van der Waals surface area (Å²) < 4.78 is 1.09. The molecule has 3 rings (SSSR count). The lowest BCUT2D eigenvalue weighted by Gasteiger charge is -2.15. The molecule has 0 atom stereocenters. The van der Waals surface area contributed by atoms with Gasteiger partial charge in [0.2, 0.25) is 0 Å². The number of rotatable bonds is 3. The van der Waals surface area contributed by atoms with Crippen molar-refractivity contribution in [2.75, 3.05) is 11.9 Å². The van der Waals surface area contributed by atoms with Crippen molar-refractivity contribution >= 4 is 32.5 Å². The van der Waals surface area contributed by atoms with Crippen molar-refractivity contribution in [2.45, 2.75) is 38.5 Å². The van der Waals surface area contributed by atoms with Crippen LogP contribution in [-0.2, 0) is 0 Å². The third-order valence-electron chi connectivity index (χ3n) is 3.95. The van der Waals surface area contributed by atoms with Gasteiger partial charge >= 0.3 is 0 Å². The fraction of sp³-hybridized carbons (Fsp3) is 0.438. The second-order valence-electron chi connectivity index (χ2n) is 5.24. The molecule has 1 heterocycles. The second-order valence-corrected chi connectivity index (χ2v) is 6.10. The minimum absolute atomic E-state index is 0.647. The number of fused-ring (bicyclic) bond motifs is 1. The molecule has 0 amide bonds. The second kappa shape index (κ2) is 5.49. The van der Waals surface area contributed by atoms with Crippen LogP contribution < -0.4 is 5.32 Å². The zero-order valence-corrected chi connectivity index (χ0v) is 12.8. The van der Waals surface area contributed by atoms with Crippen LogP contribution in [0, 0.1) is 0 Å². The molecule has 0 saturated heterocycles. The minimum Gasteiger partial charge on any atom is -0.385 e. The molecule has 1 fully saturated rings. The van der Waals surface area contributed by atoms with Gasteiger partial charge in [-0.1, -0.05) is 25.0 Å². The number of benzene rings is 1. The Morgan fingerprint density at radius 1 is 1.32 bits per heavy atom. The summed E-state index contributed by atoms with van der Waals surface area (Å²) in [5, 5.41) is 4.69. The number of aromatic nitrogens is 1. The van der Waals surface area contributed by atoms with Gasteiger partial charge in [0.15, 0.2) is 0 Å². The molecule has 100 valence electrons. The van der Waals surface area contributed by atoms with Gasteiger partial charge in [-0.25, -0.2) is 0 Å². The molecule has 3 heteroatoms. The topological polar surface area (TPSA) is 24.9 Å². The first-order valence-corrected chi connectivity index (χ1v) is 7.92. The highest BCUT2D eigenvalue weighted by Crippen LogP contribution is 2.37. The van der Waals surface area contributed by atoms with Crippen LogP contribution in [0.25, 0.3) is 10.9 Å². The van der Waals surface area contributed by atoms with Crippen molar-refractivity contribution in [2.24, 2.45) is 0 Å². The van der Waals surface area contributed by atoms with Gasteiger partial charge < -0.3 is 5.32 Å².